The Hall–Kier alpha value is -0.870. The van der Waals surface area contributed by atoms with Crippen molar-refractivity contribution in [2.24, 2.45) is 5.73 Å². The summed E-state index contributed by atoms with van der Waals surface area (Å²) in [6.07, 6.45) is 6.03. The molecule has 0 bridgehead atoms. The summed E-state index contributed by atoms with van der Waals surface area (Å²) in [6.45, 7) is 0. The highest BCUT2D eigenvalue weighted by molar-refractivity contribution is 7.18. The van der Waals surface area contributed by atoms with E-state index in [4.69, 9.17) is 10.2 Å². The van der Waals surface area contributed by atoms with E-state index >= 15 is 0 Å². The van der Waals surface area contributed by atoms with Crippen molar-refractivity contribution in [2.75, 3.05) is 0 Å². The Kier molecular flexibility index (Phi) is 1.69. The molecule has 2 aromatic heterocycles. The van der Waals surface area contributed by atoms with Crippen molar-refractivity contribution in [3.05, 3.63) is 17.3 Å². The molecule has 14 heavy (non-hydrogen) atoms. The number of hydrogen-bond donors (Lipinski definition) is 1. The molecule has 0 saturated heterocycles. The molecular formula is C10H12N2OS. The summed E-state index contributed by atoms with van der Waals surface area (Å²) in [5.74, 6) is 0. The molecule has 1 saturated carbocycles. The van der Waals surface area contributed by atoms with E-state index in [0.29, 0.717) is 0 Å². The highest BCUT2D eigenvalue weighted by atomic mass is 32.1. The first-order valence-electron chi connectivity index (χ1n) is 4.86. The molecule has 0 atom stereocenters. The van der Waals surface area contributed by atoms with Gasteiger partial charge in [0.15, 0.2) is 6.39 Å². The molecule has 74 valence electrons. The van der Waals surface area contributed by atoms with Crippen LogP contribution in [0.2, 0.25) is 0 Å². The highest BCUT2D eigenvalue weighted by Crippen LogP contribution is 2.37. The lowest BCUT2D eigenvalue weighted by molar-refractivity contribution is 0.607. The van der Waals surface area contributed by atoms with Gasteiger partial charge in [0, 0.05) is 10.4 Å². The molecule has 2 N–H and O–H groups in total. The van der Waals surface area contributed by atoms with Crippen molar-refractivity contribution < 1.29 is 4.42 Å². The Morgan fingerprint density at radius 3 is 3.14 bits per heavy atom. The minimum absolute atomic E-state index is 0.151. The Morgan fingerprint density at radius 2 is 2.43 bits per heavy atom. The van der Waals surface area contributed by atoms with Crippen LogP contribution in [-0.2, 0) is 6.42 Å². The van der Waals surface area contributed by atoms with Crippen LogP contribution in [0.15, 0.2) is 16.9 Å². The number of hydrogen-bond acceptors (Lipinski definition) is 4. The van der Waals surface area contributed by atoms with Gasteiger partial charge in [0.05, 0.1) is 0 Å². The minimum Gasteiger partial charge on any atom is -0.433 e. The number of aromatic nitrogens is 1. The monoisotopic (exact) mass is 208 g/mol. The van der Waals surface area contributed by atoms with Crippen LogP contribution < -0.4 is 5.73 Å². The van der Waals surface area contributed by atoms with E-state index < -0.39 is 0 Å². The Morgan fingerprint density at radius 1 is 1.57 bits per heavy atom. The summed E-state index contributed by atoms with van der Waals surface area (Å²) in [6, 6.07) is 2.11. The van der Waals surface area contributed by atoms with Crippen molar-refractivity contribution in [2.45, 2.75) is 31.2 Å². The number of aryl methyl sites for hydroxylation is 1. The lowest BCUT2D eigenvalue weighted by Crippen LogP contribution is -2.21. The number of fused-ring (bicyclic) bond motifs is 1. The SMILES string of the molecule is NC1(CCc2cc3ncoc3s2)CC1. The third-order valence-electron chi connectivity index (χ3n) is 2.84. The summed E-state index contributed by atoms with van der Waals surface area (Å²) >= 11 is 1.69. The van der Waals surface area contributed by atoms with Gasteiger partial charge < -0.3 is 10.2 Å². The van der Waals surface area contributed by atoms with Gasteiger partial charge in [0.25, 0.3) is 0 Å². The van der Waals surface area contributed by atoms with E-state index in [9.17, 15) is 0 Å². The van der Waals surface area contributed by atoms with Crippen molar-refractivity contribution >= 4 is 21.8 Å². The second-order valence-electron chi connectivity index (χ2n) is 4.10. The molecule has 3 nitrogen and oxygen atoms in total. The van der Waals surface area contributed by atoms with Gasteiger partial charge in [0.1, 0.15) is 5.52 Å². The molecule has 0 amide bonds. The molecule has 1 aliphatic carbocycles. The van der Waals surface area contributed by atoms with Gasteiger partial charge in [-0.1, -0.05) is 0 Å². The maximum absolute atomic E-state index is 6.03. The normalized spacial score (nSPS) is 18.9. The number of rotatable bonds is 3. The van der Waals surface area contributed by atoms with Crippen LogP contribution in [0.5, 0.6) is 0 Å². The van der Waals surface area contributed by atoms with E-state index in [1.165, 1.54) is 24.1 Å². The summed E-state index contributed by atoms with van der Waals surface area (Å²) < 4.78 is 5.22. The fraction of sp³-hybridized carbons (Fsp3) is 0.500. The summed E-state index contributed by atoms with van der Waals surface area (Å²) in [5.41, 5.74) is 7.16. The molecule has 2 heterocycles. The predicted octanol–water partition coefficient (Wildman–Crippen LogP) is 2.31. The first-order valence-corrected chi connectivity index (χ1v) is 5.68. The quantitative estimate of drug-likeness (QED) is 0.842. The van der Waals surface area contributed by atoms with Crippen LogP contribution in [0.3, 0.4) is 0 Å². The molecule has 1 fully saturated rings. The van der Waals surface area contributed by atoms with E-state index in [1.54, 1.807) is 11.3 Å². The van der Waals surface area contributed by atoms with Crippen molar-refractivity contribution in [1.82, 2.24) is 4.98 Å². The first-order chi connectivity index (χ1) is 6.75. The van der Waals surface area contributed by atoms with Gasteiger partial charge in [-0.2, -0.15) is 0 Å². The zero-order valence-electron chi connectivity index (χ0n) is 7.82. The van der Waals surface area contributed by atoms with Gasteiger partial charge in [0.2, 0.25) is 4.90 Å². The van der Waals surface area contributed by atoms with E-state index in [-0.39, 0.29) is 5.54 Å². The van der Waals surface area contributed by atoms with E-state index in [2.05, 4.69) is 11.1 Å². The third-order valence-corrected chi connectivity index (χ3v) is 3.92. The molecule has 4 heteroatoms. The maximum atomic E-state index is 6.03. The molecule has 2 aromatic rings. The third kappa shape index (κ3) is 1.44. The van der Waals surface area contributed by atoms with Crippen LogP contribution in [0.1, 0.15) is 24.1 Å². The zero-order chi connectivity index (χ0) is 9.60. The Bertz CT molecular complexity index is 427. The second-order valence-corrected chi connectivity index (χ2v) is 5.20. The Labute approximate surface area is 85.9 Å². The molecule has 1 aliphatic rings. The number of nitrogens with zero attached hydrogens (tertiary/aromatic N) is 1. The van der Waals surface area contributed by atoms with Crippen LogP contribution in [-0.4, -0.2) is 10.5 Å². The standard InChI is InChI=1S/C10H12N2OS/c11-10(3-4-10)2-1-7-5-8-9(14-7)13-6-12-8/h5-6H,1-4,11H2. The van der Waals surface area contributed by atoms with Crippen molar-refractivity contribution in [3.8, 4) is 0 Å². The highest BCUT2D eigenvalue weighted by Gasteiger charge is 2.37. The number of oxazole rings is 1. The fourth-order valence-electron chi connectivity index (χ4n) is 1.62. The van der Waals surface area contributed by atoms with Crippen LogP contribution >= 0.6 is 11.3 Å². The van der Waals surface area contributed by atoms with Gasteiger partial charge in [-0.3, -0.25) is 0 Å². The number of nitrogens with two attached hydrogens (primary N) is 1. The molecular weight excluding hydrogens is 196 g/mol. The largest absolute Gasteiger partial charge is 0.433 e. The van der Waals surface area contributed by atoms with Crippen LogP contribution in [0.25, 0.3) is 10.4 Å². The zero-order valence-corrected chi connectivity index (χ0v) is 8.64. The second kappa shape index (κ2) is 2.81. The molecule has 0 aliphatic heterocycles. The Balaban J connectivity index is 1.75. The maximum Gasteiger partial charge on any atom is 0.208 e. The predicted molar refractivity (Wildman–Crippen MR) is 56.4 cm³/mol. The lowest BCUT2D eigenvalue weighted by atomic mass is 10.1. The van der Waals surface area contributed by atoms with E-state index in [1.807, 2.05) is 0 Å². The molecule has 0 radical (unpaired) electrons. The van der Waals surface area contributed by atoms with Crippen LogP contribution in [0.4, 0.5) is 0 Å². The average Bonchev–Trinajstić information content (AvgIpc) is 2.61. The topological polar surface area (TPSA) is 52.0 Å². The van der Waals surface area contributed by atoms with Gasteiger partial charge in [-0.05, 0) is 31.7 Å². The van der Waals surface area contributed by atoms with Crippen molar-refractivity contribution in [1.29, 1.82) is 0 Å². The van der Waals surface area contributed by atoms with Crippen LogP contribution in [0, 0.1) is 0 Å². The molecule has 3 rings (SSSR count). The van der Waals surface area contributed by atoms with E-state index in [0.717, 1.165) is 23.3 Å². The number of thiophene rings is 1. The molecule has 0 unspecified atom stereocenters. The smallest absolute Gasteiger partial charge is 0.208 e. The summed E-state index contributed by atoms with van der Waals surface area (Å²) in [4.78, 5) is 6.38. The summed E-state index contributed by atoms with van der Waals surface area (Å²) in [7, 11) is 0. The minimum atomic E-state index is 0.151. The first kappa shape index (κ1) is 8.44. The van der Waals surface area contributed by atoms with Gasteiger partial charge in [-0.15, -0.1) is 11.3 Å². The van der Waals surface area contributed by atoms with Gasteiger partial charge >= 0.3 is 0 Å². The lowest BCUT2D eigenvalue weighted by Gasteiger charge is -2.05. The molecule has 0 spiro atoms. The molecule has 0 aromatic carbocycles. The summed E-state index contributed by atoms with van der Waals surface area (Å²) in [5, 5.41) is 0. The van der Waals surface area contributed by atoms with Crippen molar-refractivity contribution in [3.63, 3.8) is 0 Å². The fourth-order valence-corrected chi connectivity index (χ4v) is 2.54. The average molecular weight is 208 g/mol. The van der Waals surface area contributed by atoms with Gasteiger partial charge in [-0.25, -0.2) is 4.98 Å².